The smallest absolute Gasteiger partial charge is 0.416 e. The Balaban J connectivity index is 1.71. The molecule has 0 aliphatic rings. The Morgan fingerprint density at radius 1 is 0.938 bits per heavy atom. The molecule has 0 amide bonds. The van der Waals surface area contributed by atoms with Crippen molar-refractivity contribution in [3.63, 3.8) is 0 Å². The molecule has 1 unspecified atom stereocenters. The van der Waals surface area contributed by atoms with E-state index in [9.17, 15) is 23.1 Å². The van der Waals surface area contributed by atoms with Crippen molar-refractivity contribution in [2.75, 3.05) is 0 Å². The van der Waals surface area contributed by atoms with Crippen LogP contribution in [0.4, 0.5) is 13.2 Å². The number of alkyl halides is 3. The highest BCUT2D eigenvalue weighted by Crippen LogP contribution is 2.31. The zero-order valence-electron chi connectivity index (χ0n) is 17.5. The molecule has 1 N–H and O–H groups in total. The van der Waals surface area contributed by atoms with Crippen LogP contribution in [0.15, 0.2) is 72.8 Å². The summed E-state index contributed by atoms with van der Waals surface area (Å²) in [4.78, 5) is 11.6. The van der Waals surface area contributed by atoms with Gasteiger partial charge in [0.05, 0.1) is 5.56 Å². The number of hydrogen-bond donors (Lipinski definition) is 1. The Kier molecular flexibility index (Phi) is 6.59. The minimum Gasteiger partial charge on any atom is -0.489 e. The lowest BCUT2D eigenvalue weighted by atomic mass is 9.83. The standard InChI is InChI=1S/C26H21F3O3/c1-3-15-25(2,24(30)31)21-11-13-23(14-12-21)32-17-18-5-4-6-20(16-18)19-7-9-22(10-8-19)26(27,28)29/h4-14,16H,17H2,1-2H3,(H,30,31). The second-order valence-corrected chi connectivity index (χ2v) is 7.39. The van der Waals surface area contributed by atoms with Crippen LogP contribution in [0, 0.1) is 11.8 Å². The Labute approximate surface area is 184 Å². The lowest BCUT2D eigenvalue weighted by Gasteiger charge is -2.19. The van der Waals surface area contributed by atoms with E-state index in [1.165, 1.54) is 12.1 Å². The van der Waals surface area contributed by atoms with Gasteiger partial charge in [-0.15, -0.1) is 5.92 Å². The van der Waals surface area contributed by atoms with E-state index in [-0.39, 0.29) is 6.61 Å². The van der Waals surface area contributed by atoms with Crippen molar-refractivity contribution in [1.29, 1.82) is 0 Å². The van der Waals surface area contributed by atoms with Gasteiger partial charge in [-0.05, 0) is 66.4 Å². The quantitative estimate of drug-likeness (QED) is 0.459. The molecule has 3 rings (SSSR count). The Morgan fingerprint density at radius 2 is 1.56 bits per heavy atom. The monoisotopic (exact) mass is 438 g/mol. The number of hydrogen-bond acceptors (Lipinski definition) is 2. The predicted octanol–water partition coefficient (Wildman–Crippen LogP) is 6.32. The number of carbonyl (C=O) groups is 1. The van der Waals surface area contributed by atoms with E-state index in [0.717, 1.165) is 23.3 Å². The predicted molar refractivity (Wildman–Crippen MR) is 116 cm³/mol. The molecule has 0 aliphatic heterocycles. The largest absolute Gasteiger partial charge is 0.489 e. The van der Waals surface area contributed by atoms with Gasteiger partial charge in [0.1, 0.15) is 12.4 Å². The molecule has 0 aromatic heterocycles. The fraction of sp³-hybridized carbons (Fsp3) is 0.192. The third kappa shape index (κ3) is 5.12. The van der Waals surface area contributed by atoms with Crippen LogP contribution in [-0.2, 0) is 23.0 Å². The van der Waals surface area contributed by atoms with Crippen LogP contribution >= 0.6 is 0 Å². The van der Waals surface area contributed by atoms with Crippen LogP contribution < -0.4 is 4.74 Å². The molecule has 0 saturated heterocycles. The van der Waals surface area contributed by atoms with Crippen LogP contribution in [0.5, 0.6) is 5.75 Å². The molecule has 0 bridgehead atoms. The molecule has 3 nitrogen and oxygen atoms in total. The summed E-state index contributed by atoms with van der Waals surface area (Å²) in [6, 6.07) is 19.1. The first-order chi connectivity index (χ1) is 15.1. The minimum atomic E-state index is -4.37. The Morgan fingerprint density at radius 3 is 2.12 bits per heavy atom. The average molecular weight is 438 g/mol. The molecule has 3 aromatic rings. The number of carboxylic acids is 1. The highest BCUT2D eigenvalue weighted by atomic mass is 19.4. The lowest BCUT2D eigenvalue weighted by Crippen LogP contribution is -2.30. The van der Waals surface area contributed by atoms with E-state index in [0.29, 0.717) is 16.9 Å². The molecule has 0 saturated carbocycles. The van der Waals surface area contributed by atoms with Gasteiger partial charge in [-0.1, -0.05) is 48.4 Å². The summed E-state index contributed by atoms with van der Waals surface area (Å²) >= 11 is 0. The van der Waals surface area contributed by atoms with Crippen LogP contribution in [0.25, 0.3) is 11.1 Å². The van der Waals surface area contributed by atoms with E-state index in [2.05, 4.69) is 11.8 Å². The van der Waals surface area contributed by atoms with E-state index < -0.39 is 23.1 Å². The fourth-order valence-corrected chi connectivity index (χ4v) is 3.24. The van der Waals surface area contributed by atoms with Crippen molar-refractivity contribution in [3.05, 3.63) is 89.5 Å². The average Bonchev–Trinajstić information content (AvgIpc) is 2.78. The molecule has 0 fully saturated rings. The van der Waals surface area contributed by atoms with Gasteiger partial charge in [0.15, 0.2) is 5.41 Å². The number of aliphatic carboxylic acids is 1. The molecule has 164 valence electrons. The highest BCUT2D eigenvalue weighted by Gasteiger charge is 2.33. The summed E-state index contributed by atoms with van der Waals surface area (Å²) in [6.45, 7) is 3.39. The van der Waals surface area contributed by atoms with Crippen molar-refractivity contribution >= 4 is 5.97 Å². The third-order valence-corrected chi connectivity index (χ3v) is 5.11. The number of ether oxygens (including phenoxy) is 1. The molecule has 0 aliphatic carbocycles. The second-order valence-electron chi connectivity index (χ2n) is 7.39. The molecule has 6 heteroatoms. The van der Waals surface area contributed by atoms with Gasteiger partial charge in [0.2, 0.25) is 0 Å². The minimum absolute atomic E-state index is 0.249. The van der Waals surface area contributed by atoms with Crippen molar-refractivity contribution in [2.24, 2.45) is 0 Å². The van der Waals surface area contributed by atoms with Crippen molar-refractivity contribution < 1.29 is 27.8 Å². The van der Waals surface area contributed by atoms with Gasteiger partial charge in [-0.3, -0.25) is 4.79 Å². The number of halogens is 3. The fourth-order valence-electron chi connectivity index (χ4n) is 3.24. The highest BCUT2D eigenvalue weighted by molar-refractivity contribution is 5.85. The van der Waals surface area contributed by atoms with E-state index in [1.807, 2.05) is 24.3 Å². The van der Waals surface area contributed by atoms with Crippen molar-refractivity contribution in [1.82, 2.24) is 0 Å². The van der Waals surface area contributed by atoms with E-state index in [4.69, 9.17) is 4.74 Å². The molecule has 1 atom stereocenters. The van der Waals surface area contributed by atoms with Crippen LogP contribution in [0.3, 0.4) is 0 Å². The summed E-state index contributed by atoms with van der Waals surface area (Å²) < 4.78 is 44.1. The van der Waals surface area contributed by atoms with Crippen molar-refractivity contribution in [3.8, 4) is 28.7 Å². The zero-order chi connectivity index (χ0) is 23.4. The molecule has 3 aromatic carbocycles. The summed E-state index contributed by atoms with van der Waals surface area (Å²) in [5.74, 6) is 4.93. The maximum atomic E-state index is 12.8. The van der Waals surface area contributed by atoms with Gasteiger partial charge in [-0.2, -0.15) is 13.2 Å². The van der Waals surface area contributed by atoms with Crippen molar-refractivity contribution in [2.45, 2.75) is 32.0 Å². The number of benzene rings is 3. The van der Waals surface area contributed by atoms with Gasteiger partial charge in [0.25, 0.3) is 0 Å². The Hall–Kier alpha value is -3.72. The first-order valence-electron chi connectivity index (χ1n) is 9.81. The third-order valence-electron chi connectivity index (χ3n) is 5.11. The number of rotatable bonds is 6. The van der Waals surface area contributed by atoms with E-state index in [1.54, 1.807) is 38.1 Å². The maximum absolute atomic E-state index is 12.8. The normalized spacial score (nSPS) is 12.9. The van der Waals surface area contributed by atoms with E-state index >= 15 is 0 Å². The number of carboxylic acid groups (broad SMARTS) is 1. The molecular formula is C26H21F3O3. The summed E-state index contributed by atoms with van der Waals surface area (Å²) in [7, 11) is 0. The molecular weight excluding hydrogens is 417 g/mol. The van der Waals surface area contributed by atoms with Gasteiger partial charge < -0.3 is 9.84 Å². The van der Waals surface area contributed by atoms with Crippen LogP contribution in [0.1, 0.15) is 30.5 Å². The topological polar surface area (TPSA) is 46.5 Å². The SMILES string of the molecule is CC#CC(C)(C(=O)O)c1ccc(OCc2cccc(-c3ccc(C(F)(F)F)cc3)c2)cc1. The summed E-state index contributed by atoms with van der Waals surface area (Å²) in [5, 5.41) is 9.52. The first kappa shape index (κ1) is 23.0. The van der Waals surface area contributed by atoms with Crippen LogP contribution in [0.2, 0.25) is 0 Å². The summed E-state index contributed by atoms with van der Waals surface area (Å²) in [6.07, 6.45) is -4.37. The molecule has 32 heavy (non-hydrogen) atoms. The maximum Gasteiger partial charge on any atom is 0.416 e. The molecule has 0 heterocycles. The first-order valence-corrected chi connectivity index (χ1v) is 9.81. The Bertz CT molecular complexity index is 1150. The van der Waals surface area contributed by atoms with Gasteiger partial charge >= 0.3 is 12.1 Å². The lowest BCUT2D eigenvalue weighted by molar-refractivity contribution is -0.141. The zero-order valence-corrected chi connectivity index (χ0v) is 17.5. The molecule has 0 radical (unpaired) electrons. The molecule has 0 spiro atoms. The summed E-state index contributed by atoms with van der Waals surface area (Å²) in [5.41, 5.74) is 0.867. The van der Waals surface area contributed by atoms with Gasteiger partial charge in [0, 0.05) is 0 Å². The van der Waals surface area contributed by atoms with Gasteiger partial charge in [-0.25, -0.2) is 0 Å². The second kappa shape index (κ2) is 9.19. The van der Waals surface area contributed by atoms with Crippen LogP contribution in [-0.4, -0.2) is 11.1 Å².